The quantitative estimate of drug-likeness (QED) is 0.674. The van der Waals surface area contributed by atoms with Crippen molar-refractivity contribution in [1.82, 2.24) is 5.32 Å². The first-order valence-corrected chi connectivity index (χ1v) is 8.87. The highest BCUT2D eigenvalue weighted by Crippen LogP contribution is 2.48. The van der Waals surface area contributed by atoms with Gasteiger partial charge in [0.05, 0.1) is 5.56 Å². The lowest BCUT2D eigenvalue weighted by molar-refractivity contribution is -0.137. The molecule has 160 valence electrons. The number of nitrogens with one attached hydrogen (secondary N) is 2. The molecule has 2 N–H and O–H groups in total. The van der Waals surface area contributed by atoms with Gasteiger partial charge in [0.2, 0.25) is 5.91 Å². The first-order chi connectivity index (χ1) is 13.9. The summed E-state index contributed by atoms with van der Waals surface area (Å²) in [7, 11) is 0. The van der Waals surface area contributed by atoms with Crippen molar-refractivity contribution < 1.29 is 35.9 Å². The SMILES string of the molecule is O=C(NCC(F)(F)F)c1ccc(NC(=O)C2CC2c2ccc(C(F)(F)F)cc2)cc1. The molecule has 2 aromatic carbocycles. The molecule has 0 aliphatic heterocycles. The van der Waals surface area contributed by atoms with Crippen LogP contribution in [0.25, 0.3) is 0 Å². The van der Waals surface area contributed by atoms with E-state index in [0.717, 1.165) is 12.1 Å². The van der Waals surface area contributed by atoms with E-state index in [-0.39, 0.29) is 17.4 Å². The van der Waals surface area contributed by atoms with Gasteiger partial charge in [-0.3, -0.25) is 9.59 Å². The Morgan fingerprint density at radius 3 is 2.03 bits per heavy atom. The second kappa shape index (κ2) is 8.00. The predicted molar refractivity (Wildman–Crippen MR) is 95.8 cm³/mol. The third-order valence-electron chi connectivity index (χ3n) is 4.66. The molecule has 0 bridgehead atoms. The molecule has 0 saturated heterocycles. The van der Waals surface area contributed by atoms with E-state index in [1.807, 2.05) is 0 Å². The summed E-state index contributed by atoms with van der Waals surface area (Å²) in [5, 5.41) is 4.37. The van der Waals surface area contributed by atoms with Crippen LogP contribution >= 0.6 is 0 Å². The zero-order valence-electron chi connectivity index (χ0n) is 15.3. The number of carbonyl (C=O) groups excluding carboxylic acids is 2. The third kappa shape index (κ3) is 5.52. The lowest BCUT2D eigenvalue weighted by atomic mass is 10.1. The number of anilines is 1. The minimum atomic E-state index is -4.52. The molecule has 1 fully saturated rings. The molecule has 1 aliphatic carbocycles. The maximum absolute atomic E-state index is 12.6. The van der Waals surface area contributed by atoms with Gasteiger partial charge in [0.1, 0.15) is 6.54 Å². The average molecular weight is 430 g/mol. The van der Waals surface area contributed by atoms with Crippen LogP contribution in [0.4, 0.5) is 32.0 Å². The molecule has 0 heterocycles. The maximum Gasteiger partial charge on any atom is 0.416 e. The normalized spacial score (nSPS) is 18.6. The van der Waals surface area contributed by atoms with Crippen LogP contribution in [0.5, 0.6) is 0 Å². The van der Waals surface area contributed by atoms with Crippen LogP contribution in [0.3, 0.4) is 0 Å². The highest BCUT2D eigenvalue weighted by molar-refractivity contribution is 5.97. The van der Waals surface area contributed by atoms with Gasteiger partial charge in [0.25, 0.3) is 5.91 Å². The van der Waals surface area contributed by atoms with Crippen molar-refractivity contribution in [3.8, 4) is 0 Å². The first kappa shape index (κ1) is 21.7. The monoisotopic (exact) mass is 430 g/mol. The molecule has 2 unspecified atom stereocenters. The summed E-state index contributed by atoms with van der Waals surface area (Å²) in [6.45, 7) is -1.45. The van der Waals surface area contributed by atoms with E-state index in [1.165, 1.54) is 36.4 Å². The number of hydrogen-bond acceptors (Lipinski definition) is 2. The third-order valence-corrected chi connectivity index (χ3v) is 4.66. The van der Waals surface area contributed by atoms with E-state index in [1.54, 1.807) is 5.32 Å². The summed E-state index contributed by atoms with van der Waals surface area (Å²) >= 11 is 0. The van der Waals surface area contributed by atoms with Crippen LogP contribution in [-0.2, 0) is 11.0 Å². The van der Waals surface area contributed by atoms with E-state index in [9.17, 15) is 35.9 Å². The minimum absolute atomic E-state index is 0.00584. The molecule has 2 atom stereocenters. The second-order valence-electron chi connectivity index (χ2n) is 6.93. The first-order valence-electron chi connectivity index (χ1n) is 8.87. The van der Waals surface area contributed by atoms with Crippen molar-refractivity contribution in [1.29, 1.82) is 0 Å². The van der Waals surface area contributed by atoms with Crippen LogP contribution in [-0.4, -0.2) is 24.5 Å². The van der Waals surface area contributed by atoms with Crippen molar-refractivity contribution in [3.05, 3.63) is 65.2 Å². The molecule has 10 heteroatoms. The summed E-state index contributed by atoms with van der Waals surface area (Å²) in [6.07, 6.45) is -8.44. The standard InChI is InChI=1S/C20H16F6N2O2/c21-19(22,23)10-27-17(29)12-3-7-14(8-4-12)28-18(30)16-9-15(16)11-1-5-13(6-2-11)20(24,25)26/h1-8,15-16H,9-10H2,(H,27,29)(H,28,30). The maximum atomic E-state index is 12.6. The number of rotatable bonds is 5. The van der Waals surface area contributed by atoms with E-state index >= 15 is 0 Å². The summed E-state index contributed by atoms with van der Waals surface area (Å²) < 4.78 is 74.3. The summed E-state index contributed by atoms with van der Waals surface area (Å²) in [5.74, 6) is -1.79. The molecule has 0 spiro atoms. The Labute approximate surface area is 167 Å². The van der Waals surface area contributed by atoms with E-state index in [4.69, 9.17) is 0 Å². The highest BCUT2D eigenvalue weighted by atomic mass is 19.4. The van der Waals surface area contributed by atoms with Gasteiger partial charge in [0.15, 0.2) is 0 Å². The van der Waals surface area contributed by atoms with Crippen molar-refractivity contribution in [2.75, 3.05) is 11.9 Å². The highest BCUT2D eigenvalue weighted by Gasteiger charge is 2.44. The Bertz CT molecular complexity index is 920. The Morgan fingerprint density at radius 2 is 1.50 bits per heavy atom. The van der Waals surface area contributed by atoms with Crippen molar-refractivity contribution >= 4 is 17.5 Å². The minimum Gasteiger partial charge on any atom is -0.343 e. The molecule has 1 saturated carbocycles. The molecular formula is C20H16F6N2O2. The Kier molecular flexibility index (Phi) is 5.78. The number of halogens is 6. The van der Waals surface area contributed by atoms with Gasteiger partial charge < -0.3 is 10.6 Å². The van der Waals surface area contributed by atoms with E-state index in [2.05, 4.69) is 5.32 Å². The van der Waals surface area contributed by atoms with Crippen molar-refractivity contribution in [3.63, 3.8) is 0 Å². The molecule has 3 rings (SSSR count). The van der Waals surface area contributed by atoms with Gasteiger partial charge in [-0.25, -0.2) is 0 Å². The molecule has 1 aliphatic rings. The topological polar surface area (TPSA) is 58.2 Å². The van der Waals surface area contributed by atoms with Gasteiger partial charge in [-0.2, -0.15) is 26.3 Å². The summed E-state index contributed by atoms with van der Waals surface area (Å²) in [5.41, 5.74) is 0.240. The van der Waals surface area contributed by atoms with E-state index in [0.29, 0.717) is 17.7 Å². The Balaban J connectivity index is 1.54. The zero-order chi connectivity index (χ0) is 22.1. The predicted octanol–water partition coefficient (Wildman–Crippen LogP) is 4.74. The van der Waals surface area contributed by atoms with E-state index < -0.39 is 36.3 Å². The van der Waals surface area contributed by atoms with Crippen LogP contribution in [0.15, 0.2) is 48.5 Å². The van der Waals surface area contributed by atoms with Crippen LogP contribution in [0.1, 0.15) is 33.8 Å². The summed E-state index contributed by atoms with van der Waals surface area (Å²) in [6, 6.07) is 10.00. The zero-order valence-corrected chi connectivity index (χ0v) is 15.3. The molecule has 2 aromatic rings. The Hall–Kier alpha value is -3.04. The number of carbonyl (C=O) groups is 2. The van der Waals surface area contributed by atoms with Crippen LogP contribution in [0.2, 0.25) is 0 Å². The molecule has 4 nitrogen and oxygen atoms in total. The van der Waals surface area contributed by atoms with Crippen molar-refractivity contribution in [2.24, 2.45) is 5.92 Å². The Morgan fingerprint density at radius 1 is 0.900 bits per heavy atom. The number of amides is 2. The van der Waals surface area contributed by atoms with Crippen LogP contribution < -0.4 is 10.6 Å². The largest absolute Gasteiger partial charge is 0.416 e. The molecular weight excluding hydrogens is 414 g/mol. The number of benzene rings is 2. The lowest BCUT2D eigenvalue weighted by Gasteiger charge is -2.09. The van der Waals surface area contributed by atoms with Gasteiger partial charge in [0, 0.05) is 17.2 Å². The fraction of sp³-hybridized carbons (Fsp3) is 0.300. The van der Waals surface area contributed by atoms with Gasteiger partial charge >= 0.3 is 12.4 Å². The summed E-state index contributed by atoms with van der Waals surface area (Å²) in [4.78, 5) is 24.0. The van der Waals surface area contributed by atoms with Gasteiger partial charge in [-0.15, -0.1) is 0 Å². The smallest absolute Gasteiger partial charge is 0.343 e. The average Bonchev–Trinajstić information content (AvgIpc) is 3.46. The lowest BCUT2D eigenvalue weighted by Crippen LogP contribution is -2.33. The molecule has 2 amide bonds. The number of alkyl halides is 6. The molecule has 30 heavy (non-hydrogen) atoms. The second-order valence-corrected chi connectivity index (χ2v) is 6.93. The van der Waals surface area contributed by atoms with Gasteiger partial charge in [-0.05, 0) is 54.3 Å². The molecule has 0 aromatic heterocycles. The number of hydrogen-bond donors (Lipinski definition) is 2. The van der Waals surface area contributed by atoms with Gasteiger partial charge in [-0.1, -0.05) is 12.1 Å². The van der Waals surface area contributed by atoms with Crippen molar-refractivity contribution in [2.45, 2.75) is 24.7 Å². The molecule has 0 radical (unpaired) electrons. The van der Waals surface area contributed by atoms with Crippen LogP contribution in [0, 0.1) is 5.92 Å². The fourth-order valence-electron chi connectivity index (χ4n) is 2.99. The fourth-order valence-corrected chi connectivity index (χ4v) is 2.99.